The van der Waals surface area contributed by atoms with Gasteiger partial charge in [-0.2, -0.15) is 0 Å². The van der Waals surface area contributed by atoms with Gasteiger partial charge in [-0.05, 0) is 68.7 Å². The fraction of sp³-hybridized carbons (Fsp3) is 0.625. The van der Waals surface area contributed by atoms with E-state index in [0.29, 0.717) is 5.92 Å². The Morgan fingerprint density at radius 1 is 1.22 bits per heavy atom. The average molecular weight is 247 g/mol. The van der Waals surface area contributed by atoms with Crippen LogP contribution in [0.25, 0.3) is 0 Å². The van der Waals surface area contributed by atoms with E-state index in [0.717, 1.165) is 28.5 Å². The van der Waals surface area contributed by atoms with Crippen LogP contribution in [0.15, 0.2) is 12.1 Å². The van der Waals surface area contributed by atoms with Gasteiger partial charge in [-0.15, -0.1) is 0 Å². The first-order chi connectivity index (χ1) is 8.63. The first kappa shape index (κ1) is 12.2. The normalized spacial score (nSPS) is 31.2. The van der Waals surface area contributed by atoms with Crippen molar-refractivity contribution in [3.8, 4) is 0 Å². The Morgan fingerprint density at radius 3 is 2.44 bits per heavy atom. The number of fused-ring (bicyclic) bond motifs is 1. The molecule has 0 bridgehead atoms. The Hall–Kier alpha value is -0.890. The van der Waals surface area contributed by atoms with Crippen molar-refractivity contribution in [2.24, 2.45) is 17.8 Å². The third-order valence-corrected chi connectivity index (χ3v) is 4.96. The van der Waals surface area contributed by atoms with E-state index in [4.69, 9.17) is 0 Å². The highest BCUT2D eigenvalue weighted by Gasteiger charge is 2.56. The van der Waals surface area contributed by atoms with Gasteiger partial charge < -0.3 is 5.32 Å². The molecule has 1 aromatic rings. The summed E-state index contributed by atoms with van der Waals surface area (Å²) in [7, 11) is 1.97. The minimum atomic E-state index is -0.0307. The molecule has 3 atom stereocenters. The minimum absolute atomic E-state index is 0.0307. The van der Waals surface area contributed by atoms with Crippen LogP contribution >= 0.6 is 0 Å². The van der Waals surface area contributed by atoms with Gasteiger partial charge in [-0.1, -0.05) is 12.5 Å². The number of halogens is 1. The summed E-state index contributed by atoms with van der Waals surface area (Å²) in [5.41, 5.74) is 3.01. The van der Waals surface area contributed by atoms with Crippen LogP contribution in [0.3, 0.4) is 0 Å². The topological polar surface area (TPSA) is 12.0 Å². The van der Waals surface area contributed by atoms with E-state index in [1.807, 2.05) is 20.9 Å². The van der Waals surface area contributed by atoms with E-state index in [1.165, 1.54) is 19.3 Å². The van der Waals surface area contributed by atoms with Crippen molar-refractivity contribution in [1.82, 2.24) is 5.32 Å². The van der Waals surface area contributed by atoms with E-state index in [9.17, 15) is 4.39 Å². The van der Waals surface area contributed by atoms with Crippen molar-refractivity contribution in [3.05, 3.63) is 34.6 Å². The van der Waals surface area contributed by atoms with Crippen molar-refractivity contribution < 1.29 is 4.39 Å². The molecule has 0 saturated heterocycles. The van der Waals surface area contributed by atoms with Gasteiger partial charge >= 0.3 is 0 Å². The van der Waals surface area contributed by atoms with Gasteiger partial charge in [0.05, 0.1) is 0 Å². The third-order valence-electron chi connectivity index (χ3n) is 4.96. The smallest absolute Gasteiger partial charge is 0.128 e. The molecule has 1 aromatic carbocycles. The van der Waals surface area contributed by atoms with Crippen molar-refractivity contribution in [2.45, 2.75) is 39.2 Å². The minimum Gasteiger partial charge on any atom is -0.313 e. The molecule has 3 rings (SSSR count). The molecule has 2 aliphatic rings. The van der Waals surface area contributed by atoms with Crippen LogP contribution in [0.5, 0.6) is 0 Å². The van der Waals surface area contributed by atoms with Crippen molar-refractivity contribution in [1.29, 1.82) is 0 Å². The van der Waals surface area contributed by atoms with Crippen LogP contribution in [0.4, 0.5) is 4.39 Å². The average Bonchev–Trinajstić information content (AvgIpc) is 2.78. The lowest BCUT2D eigenvalue weighted by Gasteiger charge is -2.22. The molecule has 2 aliphatic carbocycles. The lowest BCUT2D eigenvalue weighted by molar-refractivity contribution is 0.426. The van der Waals surface area contributed by atoms with Crippen LogP contribution in [-0.2, 0) is 0 Å². The molecule has 1 nitrogen and oxygen atoms in total. The molecule has 1 N–H and O–H groups in total. The fourth-order valence-electron chi connectivity index (χ4n) is 4.22. The van der Waals surface area contributed by atoms with Crippen molar-refractivity contribution in [3.63, 3.8) is 0 Å². The largest absolute Gasteiger partial charge is 0.313 e. The summed E-state index contributed by atoms with van der Waals surface area (Å²) >= 11 is 0. The second kappa shape index (κ2) is 4.34. The molecule has 0 amide bonds. The summed E-state index contributed by atoms with van der Waals surface area (Å²) in [5, 5.41) is 3.37. The zero-order chi connectivity index (χ0) is 12.9. The van der Waals surface area contributed by atoms with Gasteiger partial charge in [0.25, 0.3) is 0 Å². The molecule has 0 aromatic heterocycles. The van der Waals surface area contributed by atoms with Crippen LogP contribution in [-0.4, -0.2) is 7.05 Å². The number of hydrogen-bond donors (Lipinski definition) is 1. The van der Waals surface area contributed by atoms with Crippen LogP contribution in [0, 0.1) is 37.4 Å². The molecule has 18 heavy (non-hydrogen) atoms. The maximum atomic E-state index is 14.3. The Morgan fingerprint density at radius 2 is 1.89 bits per heavy atom. The molecule has 2 fully saturated rings. The zero-order valence-corrected chi connectivity index (χ0v) is 11.5. The maximum absolute atomic E-state index is 14.3. The number of nitrogens with one attached hydrogen (secondary N) is 1. The number of hydrogen-bond acceptors (Lipinski definition) is 1. The lowest BCUT2D eigenvalue weighted by Crippen LogP contribution is -2.23. The predicted molar refractivity (Wildman–Crippen MR) is 72.0 cm³/mol. The Balaban J connectivity index is 1.93. The number of aryl methyl sites for hydroxylation is 2. The van der Waals surface area contributed by atoms with Crippen LogP contribution < -0.4 is 5.32 Å². The Kier molecular flexibility index (Phi) is 2.93. The van der Waals surface area contributed by atoms with Gasteiger partial charge in [0.2, 0.25) is 0 Å². The predicted octanol–water partition coefficient (Wildman–Crippen LogP) is 3.75. The summed E-state index contributed by atoms with van der Waals surface area (Å²) in [5.74, 6) is 2.33. The molecule has 0 heterocycles. The van der Waals surface area contributed by atoms with Crippen molar-refractivity contribution >= 4 is 0 Å². The van der Waals surface area contributed by atoms with Gasteiger partial charge in [-0.25, -0.2) is 4.39 Å². The zero-order valence-electron chi connectivity index (χ0n) is 11.5. The monoisotopic (exact) mass is 247 g/mol. The quantitative estimate of drug-likeness (QED) is 0.857. The summed E-state index contributed by atoms with van der Waals surface area (Å²) in [6.45, 7) is 3.99. The first-order valence-electron chi connectivity index (χ1n) is 7.07. The third kappa shape index (κ3) is 1.78. The van der Waals surface area contributed by atoms with Gasteiger partial charge in [-0.3, -0.25) is 0 Å². The fourth-order valence-corrected chi connectivity index (χ4v) is 4.22. The summed E-state index contributed by atoms with van der Waals surface area (Å²) in [4.78, 5) is 0. The van der Waals surface area contributed by atoms with Gasteiger partial charge in [0.15, 0.2) is 0 Å². The van der Waals surface area contributed by atoms with E-state index < -0.39 is 0 Å². The Labute approximate surface area is 109 Å². The molecule has 2 heteroatoms. The van der Waals surface area contributed by atoms with E-state index >= 15 is 0 Å². The van der Waals surface area contributed by atoms with E-state index in [-0.39, 0.29) is 11.9 Å². The summed E-state index contributed by atoms with van der Waals surface area (Å²) in [6, 6.07) is 3.98. The standard InChI is InChI=1S/C16H22FN/c1-9-7-10(2)14(13(17)8-9)16(18-3)15-11-5-4-6-12(11)15/h7-8,11-12,15-16,18H,4-6H2,1-3H3. The first-order valence-corrected chi connectivity index (χ1v) is 7.07. The molecule has 0 aliphatic heterocycles. The van der Waals surface area contributed by atoms with E-state index in [1.54, 1.807) is 6.07 Å². The molecule has 98 valence electrons. The highest BCUT2D eigenvalue weighted by Crippen LogP contribution is 2.62. The summed E-state index contributed by atoms with van der Waals surface area (Å²) < 4.78 is 14.3. The van der Waals surface area contributed by atoms with Crippen LogP contribution in [0.1, 0.15) is 42.0 Å². The summed E-state index contributed by atoms with van der Waals surface area (Å²) in [6.07, 6.45) is 4.07. The molecular formula is C16H22FN. The molecular weight excluding hydrogens is 225 g/mol. The van der Waals surface area contributed by atoms with Gasteiger partial charge in [0.1, 0.15) is 5.82 Å². The molecule has 0 radical (unpaired) electrons. The second-order valence-corrected chi connectivity index (χ2v) is 6.08. The SMILES string of the molecule is CNC(c1c(C)cc(C)cc1F)C1C2CCCC21. The maximum Gasteiger partial charge on any atom is 0.128 e. The van der Waals surface area contributed by atoms with Crippen LogP contribution in [0.2, 0.25) is 0 Å². The number of benzene rings is 1. The highest BCUT2D eigenvalue weighted by atomic mass is 19.1. The second-order valence-electron chi connectivity index (χ2n) is 6.08. The lowest BCUT2D eigenvalue weighted by atomic mass is 9.92. The highest BCUT2D eigenvalue weighted by molar-refractivity contribution is 5.36. The van der Waals surface area contributed by atoms with E-state index in [2.05, 4.69) is 11.4 Å². The number of rotatable bonds is 3. The Bertz CT molecular complexity index is 435. The molecule has 3 unspecified atom stereocenters. The van der Waals surface area contributed by atoms with Crippen molar-refractivity contribution in [2.75, 3.05) is 7.05 Å². The van der Waals surface area contributed by atoms with Gasteiger partial charge in [0, 0.05) is 11.6 Å². The molecule has 2 saturated carbocycles. The molecule has 0 spiro atoms.